The summed E-state index contributed by atoms with van der Waals surface area (Å²) in [5.41, 5.74) is 4.35. The number of nitrogens with zero attached hydrogens (tertiary/aromatic N) is 3. The Bertz CT molecular complexity index is 1530. The van der Waals surface area contributed by atoms with Crippen LogP contribution in [-0.4, -0.2) is 72.7 Å². The number of hydrogen-bond acceptors (Lipinski definition) is 9. The van der Waals surface area contributed by atoms with Gasteiger partial charge < -0.3 is 30.0 Å². The third kappa shape index (κ3) is 8.26. The lowest BCUT2D eigenvalue weighted by molar-refractivity contribution is 0.0979. The number of likely N-dealkylation sites (tertiary alicyclic amines) is 1. The highest BCUT2D eigenvalue weighted by atomic mass is 32.2. The number of rotatable bonds is 12. The van der Waals surface area contributed by atoms with Gasteiger partial charge in [0.2, 0.25) is 0 Å². The Labute approximate surface area is 281 Å². The highest BCUT2D eigenvalue weighted by Gasteiger charge is 2.33. The van der Waals surface area contributed by atoms with Gasteiger partial charge in [0, 0.05) is 62.5 Å². The fourth-order valence-corrected chi connectivity index (χ4v) is 7.23. The first-order valence-corrected chi connectivity index (χ1v) is 17.5. The summed E-state index contributed by atoms with van der Waals surface area (Å²) < 4.78 is 14.0. The van der Waals surface area contributed by atoms with Crippen LogP contribution in [0.5, 0.6) is 0 Å². The minimum Gasteiger partial charge on any atom is -0.445 e. The van der Waals surface area contributed by atoms with Crippen LogP contribution in [0, 0.1) is 17.2 Å². The maximum Gasteiger partial charge on any atom is 0.410 e. The lowest BCUT2D eigenvalue weighted by Gasteiger charge is -2.36. The number of amides is 2. The summed E-state index contributed by atoms with van der Waals surface area (Å²) in [4.78, 5) is 35.3. The van der Waals surface area contributed by atoms with Crippen LogP contribution in [0.2, 0.25) is 0 Å². The fourth-order valence-electron chi connectivity index (χ4n) is 6.38. The third-order valence-electron chi connectivity index (χ3n) is 9.33. The minimum atomic E-state index is -0.343. The molecule has 2 saturated heterocycles. The van der Waals surface area contributed by atoms with Crippen LogP contribution in [0.25, 0.3) is 0 Å². The highest BCUT2D eigenvalue weighted by Crippen LogP contribution is 2.38. The normalized spacial score (nSPS) is 18.4. The molecule has 3 aromatic rings. The summed E-state index contributed by atoms with van der Waals surface area (Å²) in [6, 6.07) is 21.3. The van der Waals surface area contributed by atoms with E-state index in [2.05, 4.69) is 14.9 Å². The predicted molar refractivity (Wildman–Crippen MR) is 187 cm³/mol. The molecule has 3 aliphatic rings. The minimum absolute atomic E-state index is 0.0375. The molecule has 10 nitrogen and oxygen atoms in total. The lowest BCUT2D eigenvalue weighted by atomic mass is 9.79. The van der Waals surface area contributed by atoms with Crippen LogP contribution in [0.4, 0.5) is 22.0 Å². The number of anilines is 3. The maximum absolute atomic E-state index is 13.7. The van der Waals surface area contributed by atoms with E-state index in [-0.39, 0.29) is 29.8 Å². The fraction of sp³-hybridized carbons (Fsp3) is 0.444. The molecule has 1 atom stereocenters. The van der Waals surface area contributed by atoms with E-state index in [1.165, 1.54) is 11.9 Å². The number of pyridine rings is 1. The quantitative estimate of drug-likeness (QED) is 0.147. The summed E-state index contributed by atoms with van der Waals surface area (Å²) in [7, 11) is 1.75. The molecule has 0 spiro atoms. The van der Waals surface area contributed by atoms with Gasteiger partial charge in [-0.15, -0.1) is 0 Å². The van der Waals surface area contributed by atoms with Crippen molar-refractivity contribution in [3.8, 4) is 0 Å². The molecule has 2 aliphatic heterocycles. The molecule has 248 valence electrons. The summed E-state index contributed by atoms with van der Waals surface area (Å²) >= 11 is 1.33. The highest BCUT2D eigenvalue weighted by molar-refractivity contribution is 7.98. The van der Waals surface area contributed by atoms with Gasteiger partial charge in [-0.3, -0.25) is 9.52 Å². The van der Waals surface area contributed by atoms with Crippen molar-refractivity contribution in [2.75, 3.05) is 50.1 Å². The Morgan fingerprint density at radius 3 is 2.38 bits per heavy atom. The second kappa shape index (κ2) is 15.7. The number of aromatic nitrogens is 1. The number of para-hydroxylation sites is 1. The molecule has 1 saturated carbocycles. The van der Waals surface area contributed by atoms with Gasteiger partial charge in [-0.2, -0.15) is 0 Å². The molecule has 2 aromatic carbocycles. The molecule has 0 bridgehead atoms. The van der Waals surface area contributed by atoms with Crippen LogP contribution < -0.4 is 14.9 Å². The SMILES string of the molecule is COCC1CCN(c2cc(C(=O)NSC3CCN(C(=O)OCc4ccccc4)C3)nc(Nc3ccccc3)c2C(=N)C2CCC2)CC1. The van der Waals surface area contributed by atoms with Gasteiger partial charge in [0.05, 0.1) is 11.3 Å². The van der Waals surface area contributed by atoms with Crippen molar-refractivity contribution >= 4 is 46.9 Å². The Balaban J connectivity index is 1.18. The number of hydrogen-bond donors (Lipinski definition) is 3. The van der Waals surface area contributed by atoms with Gasteiger partial charge >= 0.3 is 6.09 Å². The Morgan fingerprint density at radius 1 is 0.979 bits per heavy atom. The molecule has 6 rings (SSSR count). The Kier molecular flexibility index (Phi) is 10.9. The average Bonchev–Trinajstić information content (AvgIpc) is 3.56. The first-order chi connectivity index (χ1) is 23.0. The molecule has 1 aliphatic carbocycles. The number of ether oxygens (including phenoxy) is 2. The van der Waals surface area contributed by atoms with Crippen LogP contribution in [0.3, 0.4) is 0 Å². The number of benzene rings is 2. The van der Waals surface area contributed by atoms with Crippen molar-refractivity contribution in [3.05, 3.63) is 83.6 Å². The smallest absolute Gasteiger partial charge is 0.410 e. The van der Waals surface area contributed by atoms with E-state index in [0.717, 1.165) is 80.7 Å². The first-order valence-electron chi connectivity index (χ1n) is 16.6. The molecular weight excluding hydrogens is 613 g/mol. The molecule has 3 fully saturated rings. The van der Waals surface area contributed by atoms with Gasteiger partial charge in [-0.25, -0.2) is 9.78 Å². The van der Waals surface area contributed by atoms with E-state index in [1.54, 1.807) is 12.0 Å². The van der Waals surface area contributed by atoms with E-state index in [9.17, 15) is 15.0 Å². The number of nitrogens with one attached hydrogen (secondary N) is 3. The van der Waals surface area contributed by atoms with Gasteiger partial charge in [0.1, 0.15) is 18.1 Å². The molecule has 1 unspecified atom stereocenters. The Hall–Kier alpha value is -4.09. The number of carbonyl (C=O) groups excluding carboxylic acids is 2. The standard InChI is InChI=1S/C36H44N6O4S/c1-45-23-26-15-18-41(19-16-26)31-21-30(39-34(38-28-13-6-3-7-14-28)32(31)33(37)27-11-8-12-27)35(43)40-47-29-17-20-42(22-29)36(44)46-24-25-9-4-2-5-10-25/h2-7,9-10,13-14,21,26-27,29,37H,8,11-12,15-20,22-24H2,1H3,(H,38,39)(H,40,43). The zero-order valence-electron chi connectivity index (χ0n) is 27.0. The molecule has 11 heteroatoms. The monoisotopic (exact) mass is 656 g/mol. The van der Waals surface area contributed by atoms with Crippen LogP contribution in [0.1, 0.15) is 60.1 Å². The van der Waals surface area contributed by atoms with Crippen molar-refractivity contribution in [3.63, 3.8) is 0 Å². The van der Waals surface area contributed by atoms with E-state index >= 15 is 0 Å². The van der Waals surface area contributed by atoms with E-state index < -0.39 is 0 Å². The molecule has 47 heavy (non-hydrogen) atoms. The van der Waals surface area contributed by atoms with Gasteiger partial charge in [-0.05, 0) is 73.7 Å². The Morgan fingerprint density at radius 2 is 1.70 bits per heavy atom. The van der Waals surface area contributed by atoms with E-state index in [0.29, 0.717) is 36.2 Å². The van der Waals surface area contributed by atoms with Gasteiger partial charge in [0.15, 0.2) is 0 Å². The largest absolute Gasteiger partial charge is 0.445 e. The zero-order chi connectivity index (χ0) is 32.6. The average molecular weight is 657 g/mol. The van der Waals surface area contributed by atoms with E-state index in [1.807, 2.05) is 66.7 Å². The summed E-state index contributed by atoms with van der Waals surface area (Å²) in [5.74, 6) is 0.926. The van der Waals surface area contributed by atoms with Crippen LogP contribution >= 0.6 is 11.9 Å². The van der Waals surface area contributed by atoms with Crippen molar-refractivity contribution in [2.45, 2.75) is 50.4 Å². The molecule has 1 aromatic heterocycles. The van der Waals surface area contributed by atoms with Crippen molar-refractivity contribution < 1.29 is 19.1 Å². The second-order valence-electron chi connectivity index (χ2n) is 12.6. The second-order valence-corrected chi connectivity index (χ2v) is 13.7. The van der Waals surface area contributed by atoms with Crippen LogP contribution in [-0.2, 0) is 16.1 Å². The molecular formula is C36H44N6O4S. The molecule has 3 heterocycles. The lowest BCUT2D eigenvalue weighted by Crippen LogP contribution is -2.37. The van der Waals surface area contributed by atoms with E-state index in [4.69, 9.17) is 14.5 Å². The third-order valence-corrected chi connectivity index (χ3v) is 10.4. The maximum atomic E-state index is 13.7. The summed E-state index contributed by atoms with van der Waals surface area (Å²) in [6.45, 7) is 3.68. The number of piperidine rings is 1. The molecule has 0 radical (unpaired) electrons. The summed E-state index contributed by atoms with van der Waals surface area (Å²) in [5, 5.41) is 12.8. The van der Waals surface area contributed by atoms with Gasteiger partial charge in [-0.1, -0.05) is 55.0 Å². The predicted octanol–water partition coefficient (Wildman–Crippen LogP) is 6.65. The summed E-state index contributed by atoms with van der Waals surface area (Å²) in [6.07, 6.45) is 5.49. The number of carbonyl (C=O) groups is 2. The van der Waals surface area contributed by atoms with Crippen molar-refractivity contribution in [1.29, 1.82) is 5.41 Å². The van der Waals surface area contributed by atoms with Crippen molar-refractivity contribution in [1.82, 2.24) is 14.6 Å². The topological polar surface area (TPSA) is 120 Å². The molecule has 2 amide bonds. The van der Waals surface area contributed by atoms with Crippen molar-refractivity contribution in [2.24, 2.45) is 11.8 Å². The first kappa shape index (κ1) is 32.8. The zero-order valence-corrected chi connectivity index (χ0v) is 27.8. The van der Waals surface area contributed by atoms with Crippen LogP contribution in [0.15, 0.2) is 66.7 Å². The van der Waals surface area contributed by atoms with Gasteiger partial charge in [0.25, 0.3) is 5.91 Å². The molecule has 3 N–H and O–H groups in total. The number of methoxy groups -OCH3 is 1.